The highest BCUT2D eigenvalue weighted by Gasteiger charge is 2.36. The van der Waals surface area contributed by atoms with E-state index in [1.807, 2.05) is 20.9 Å². The molecule has 1 amide bonds. The molecule has 124 valence electrons. The molecule has 7 nitrogen and oxygen atoms in total. The molecule has 0 aliphatic rings. The van der Waals surface area contributed by atoms with Gasteiger partial charge in [-0.25, -0.2) is 4.79 Å². The first-order valence-corrected chi connectivity index (χ1v) is 7.15. The highest BCUT2D eigenvalue weighted by molar-refractivity contribution is 5.87. The maximum absolute atomic E-state index is 12.3. The van der Waals surface area contributed by atoms with Crippen LogP contribution >= 0.6 is 0 Å². The molecular formula is C15H25N3O4. The van der Waals surface area contributed by atoms with E-state index in [4.69, 9.17) is 4.74 Å². The van der Waals surface area contributed by atoms with Crippen LogP contribution in [0.15, 0.2) is 0 Å². The van der Waals surface area contributed by atoms with Crippen molar-refractivity contribution in [3.8, 4) is 0 Å². The number of carboxylic acids is 1. The van der Waals surface area contributed by atoms with Gasteiger partial charge in [-0.3, -0.25) is 9.48 Å². The third kappa shape index (κ3) is 3.85. The molecule has 22 heavy (non-hydrogen) atoms. The number of carboxylic acid groups (broad SMARTS) is 1. The molecule has 0 saturated heterocycles. The zero-order valence-corrected chi connectivity index (χ0v) is 14.1. The minimum Gasteiger partial charge on any atom is -0.479 e. The lowest BCUT2D eigenvalue weighted by atomic mass is 9.96. The fraction of sp³-hybridized carbons (Fsp3) is 0.667. The largest absolute Gasteiger partial charge is 0.479 e. The van der Waals surface area contributed by atoms with E-state index in [0.717, 1.165) is 17.0 Å². The Hall–Kier alpha value is -1.89. The number of aryl methyl sites for hydroxylation is 2. The second-order valence-electron chi connectivity index (χ2n) is 5.94. The number of hydrogen-bond acceptors (Lipinski definition) is 4. The van der Waals surface area contributed by atoms with Gasteiger partial charge in [0, 0.05) is 25.8 Å². The van der Waals surface area contributed by atoms with Crippen LogP contribution in [0.4, 0.5) is 0 Å². The highest BCUT2D eigenvalue weighted by Crippen LogP contribution is 2.18. The minimum atomic E-state index is -1.43. The summed E-state index contributed by atoms with van der Waals surface area (Å²) in [6.07, 6.45) is 0.514. The van der Waals surface area contributed by atoms with Crippen molar-refractivity contribution in [2.75, 3.05) is 13.7 Å². The van der Waals surface area contributed by atoms with Crippen molar-refractivity contribution >= 4 is 11.9 Å². The number of carbonyl (C=O) groups excluding carboxylic acids is 1. The molecule has 0 aromatic carbocycles. The van der Waals surface area contributed by atoms with E-state index in [-0.39, 0.29) is 18.4 Å². The number of methoxy groups -OCH3 is 1. The number of amides is 1. The van der Waals surface area contributed by atoms with E-state index in [1.54, 1.807) is 11.6 Å². The summed E-state index contributed by atoms with van der Waals surface area (Å²) < 4.78 is 6.68. The normalized spacial score (nSPS) is 15.2. The van der Waals surface area contributed by atoms with Gasteiger partial charge in [0.15, 0.2) is 5.54 Å². The summed E-state index contributed by atoms with van der Waals surface area (Å²) in [5.41, 5.74) is 1.49. The van der Waals surface area contributed by atoms with Crippen molar-refractivity contribution in [2.24, 2.45) is 13.0 Å². The fourth-order valence-electron chi connectivity index (χ4n) is 2.35. The van der Waals surface area contributed by atoms with Crippen LogP contribution in [-0.4, -0.2) is 46.0 Å². The molecule has 1 aromatic heterocycles. The Labute approximate surface area is 130 Å². The number of nitrogens with zero attached hydrogens (tertiary/aromatic N) is 2. The van der Waals surface area contributed by atoms with Gasteiger partial charge in [0.2, 0.25) is 5.91 Å². The molecule has 2 N–H and O–H groups in total. The molecule has 0 spiro atoms. The van der Waals surface area contributed by atoms with Gasteiger partial charge >= 0.3 is 5.97 Å². The van der Waals surface area contributed by atoms with Gasteiger partial charge in [0.1, 0.15) is 0 Å². The topological polar surface area (TPSA) is 93.5 Å². The fourth-order valence-corrected chi connectivity index (χ4v) is 2.35. The SMILES string of the molecule is COCC(C)(NC(=O)C(C)Cc1c(C)nn(C)c1C)C(=O)O. The third-order valence-corrected chi connectivity index (χ3v) is 3.92. The number of aliphatic carboxylic acids is 1. The van der Waals surface area contributed by atoms with Crippen LogP contribution < -0.4 is 5.32 Å². The lowest BCUT2D eigenvalue weighted by Gasteiger charge is -2.27. The summed E-state index contributed by atoms with van der Waals surface area (Å²) in [6, 6.07) is 0. The van der Waals surface area contributed by atoms with Gasteiger partial charge in [-0.05, 0) is 32.8 Å². The Bertz CT molecular complexity index is 567. The van der Waals surface area contributed by atoms with Gasteiger partial charge in [-0.2, -0.15) is 5.10 Å². The van der Waals surface area contributed by atoms with Gasteiger partial charge in [-0.15, -0.1) is 0 Å². The lowest BCUT2D eigenvalue weighted by Crippen LogP contribution is -2.56. The molecule has 2 atom stereocenters. The summed E-state index contributed by atoms with van der Waals surface area (Å²) in [6.45, 7) is 6.97. The summed E-state index contributed by atoms with van der Waals surface area (Å²) in [5.74, 6) is -1.80. The van der Waals surface area contributed by atoms with Crippen molar-refractivity contribution in [1.82, 2.24) is 15.1 Å². The van der Waals surface area contributed by atoms with Crippen molar-refractivity contribution < 1.29 is 19.4 Å². The van der Waals surface area contributed by atoms with Gasteiger partial charge in [0.25, 0.3) is 0 Å². The zero-order valence-electron chi connectivity index (χ0n) is 14.1. The van der Waals surface area contributed by atoms with Crippen LogP contribution in [0.5, 0.6) is 0 Å². The molecule has 0 fully saturated rings. The standard InChI is InChI=1S/C15H25N3O4/c1-9(7-12-10(2)17-18(5)11(12)3)13(19)16-15(4,8-22-6)14(20)21/h9H,7-8H2,1-6H3,(H,16,19)(H,20,21). The van der Waals surface area contributed by atoms with Crippen molar-refractivity contribution in [3.63, 3.8) is 0 Å². The third-order valence-electron chi connectivity index (χ3n) is 3.92. The number of rotatable bonds is 7. The van der Waals surface area contributed by atoms with Crippen LogP contribution in [0.1, 0.15) is 30.8 Å². The van der Waals surface area contributed by atoms with Crippen LogP contribution in [0.2, 0.25) is 0 Å². The number of aromatic nitrogens is 2. The molecule has 2 unspecified atom stereocenters. The molecule has 0 saturated carbocycles. The predicted molar refractivity (Wildman–Crippen MR) is 81.6 cm³/mol. The lowest BCUT2D eigenvalue weighted by molar-refractivity contribution is -0.149. The quantitative estimate of drug-likeness (QED) is 0.777. The Kier molecular flexibility index (Phi) is 5.71. The van der Waals surface area contributed by atoms with E-state index in [9.17, 15) is 14.7 Å². The zero-order chi connectivity index (χ0) is 17.1. The number of ether oxygens (including phenoxy) is 1. The second kappa shape index (κ2) is 6.91. The maximum atomic E-state index is 12.3. The Balaban J connectivity index is 2.83. The second-order valence-corrected chi connectivity index (χ2v) is 5.94. The molecule has 7 heteroatoms. The predicted octanol–water partition coefficient (Wildman–Crippen LogP) is 0.821. The van der Waals surface area contributed by atoms with E-state index < -0.39 is 11.5 Å². The summed E-state index contributed by atoms with van der Waals surface area (Å²) in [4.78, 5) is 23.6. The van der Waals surface area contributed by atoms with E-state index in [0.29, 0.717) is 6.42 Å². The first-order chi connectivity index (χ1) is 10.1. The summed E-state index contributed by atoms with van der Waals surface area (Å²) in [7, 11) is 3.26. The monoisotopic (exact) mass is 311 g/mol. The first-order valence-electron chi connectivity index (χ1n) is 7.15. The van der Waals surface area contributed by atoms with Gasteiger partial charge < -0.3 is 15.2 Å². The summed E-state index contributed by atoms with van der Waals surface area (Å²) in [5, 5.41) is 16.2. The molecular weight excluding hydrogens is 286 g/mol. The van der Waals surface area contributed by atoms with Gasteiger partial charge in [0.05, 0.1) is 12.3 Å². The van der Waals surface area contributed by atoms with Crippen LogP contribution in [0.3, 0.4) is 0 Å². The van der Waals surface area contributed by atoms with Crippen molar-refractivity contribution in [2.45, 2.75) is 39.7 Å². The Morgan fingerprint density at radius 2 is 2.05 bits per heavy atom. The molecule has 1 rings (SSSR count). The molecule has 1 heterocycles. The van der Waals surface area contributed by atoms with Crippen LogP contribution in [0, 0.1) is 19.8 Å². The average Bonchev–Trinajstić information content (AvgIpc) is 2.65. The van der Waals surface area contributed by atoms with E-state index >= 15 is 0 Å². The molecule has 1 aromatic rings. The highest BCUT2D eigenvalue weighted by atomic mass is 16.5. The van der Waals surface area contributed by atoms with Crippen molar-refractivity contribution in [3.05, 3.63) is 17.0 Å². The Morgan fingerprint density at radius 1 is 1.45 bits per heavy atom. The maximum Gasteiger partial charge on any atom is 0.331 e. The number of nitrogens with one attached hydrogen (secondary N) is 1. The van der Waals surface area contributed by atoms with Crippen LogP contribution in [-0.2, 0) is 27.8 Å². The first kappa shape index (κ1) is 18.2. The van der Waals surface area contributed by atoms with Crippen molar-refractivity contribution in [1.29, 1.82) is 0 Å². The molecule has 0 bridgehead atoms. The molecule has 0 aliphatic carbocycles. The molecule has 0 aliphatic heterocycles. The minimum absolute atomic E-state index is 0.0915. The number of hydrogen-bond donors (Lipinski definition) is 2. The number of carbonyl (C=O) groups is 2. The van der Waals surface area contributed by atoms with E-state index in [1.165, 1.54) is 14.0 Å². The van der Waals surface area contributed by atoms with Crippen LogP contribution in [0.25, 0.3) is 0 Å². The molecule has 0 radical (unpaired) electrons. The smallest absolute Gasteiger partial charge is 0.331 e. The van der Waals surface area contributed by atoms with E-state index in [2.05, 4.69) is 10.4 Å². The average molecular weight is 311 g/mol. The Morgan fingerprint density at radius 3 is 2.45 bits per heavy atom. The summed E-state index contributed by atoms with van der Waals surface area (Å²) >= 11 is 0. The van der Waals surface area contributed by atoms with Gasteiger partial charge in [-0.1, -0.05) is 6.92 Å².